The van der Waals surface area contributed by atoms with Crippen LogP contribution < -0.4 is 0 Å². The predicted molar refractivity (Wildman–Crippen MR) is 62.9 cm³/mol. The highest BCUT2D eigenvalue weighted by Crippen LogP contribution is 2.35. The molecule has 1 aromatic carbocycles. The van der Waals surface area contributed by atoms with Crippen LogP contribution >= 0.6 is 33.2 Å². The molecule has 0 heterocycles. The fourth-order valence-electron chi connectivity index (χ4n) is 1.08. The van der Waals surface area contributed by atoms with Gasteiger partial charge in [0.1, 0.15) is 0 Å². The smallest absolute Gasteiger partial charge is 0.126 e. The summed E-state index contributed by atoms with van der Waals surface area (Å²) >= 11 is 17.7. The van der Waals surface area contributed by atoms with Gasteiger partial charge < -0.3 is 0 Å². The van der Waals surface area contributed by atoms with Crippen molar-refractivity contribution in [3.8, 4) is 0 Å². The topological polar surface area (TPSA) is 0 Å². The van der Waals surface area contributed by atoms with Gasteiger partial charge in [-0.1, -0.05) is 37.3 Å². The lowest BCUT2D eigenvalue weighted by Crippen LogP contribution is -2.18. The zero-order chi connectivity index (χ0) is 9.90. The van der Waals surface area contributed by atoms with Crippen LogP contribution in [0.25, 0.3) is 0 Å². The second kappa shape index (κ2) is 4.69. The van der Waals surface area contributed by atoms with Crippen molar-refractivity contribution >= 4 is 39.2 Å². The van der Waals surface area contributed by atoms with Crippen LogP contribution in [0.3, 0.4) is 0 Å². The maximum absolute atomic E-state index is 5.90. The molecular formula is C9H11Cl3Si. The Kier molecular flexibility index (Phi) is 4.11. The zero-order valence-corrected chi connectivity index (χ0v) is 10.6. The highest BCUT2D eigenvalue weighted by molar-refractivity contribution is 7.65. The van der Waals surface area contributed by atoms with Gasteiger partial charge in [-0.2, -0.15) is 0 Å². The minimum Gasteiger partial charge on any atom is -0.126 e. The Morgan fingerprint density at radius 3 is 2.15 bits per heavy atom. The van der Waals surface area contributed by atoms with E-state index in [1.54, 1.807) is 0 Å². The van der Waals surface area contributed by atoms with E-state index in [1.807, 2.05) is 25.1 Å². The predicted octanol–water partition coefficient (Wildman–Crippen LogP) is 4.27. The average Bonchev–Trinajstić information content (AvgIpc) is 2.04. The van der Waals surface area contributed by atoms with Gasteiger partial charge >= 0.3 is 6.00 Å². The number of rotatable bonds is 3. The highest BCUT2D eigenvalue weighted by atomic mass is 35.8. The lowest BCUT2D eigenvalue weighted by atomic mass is 10.1. The van der Waals surface area contributed by atoms with Crippen LogP contribution in [-0.4, -0.2) is 6.00 Å². The van der Waals surface area contributed by atoms with Crippen LogP contribution in [0.5, 0.6) is 0 Å². The van der Waals surface area contributed by atoms with Crippen molar-refractivity contribution in [1.82, 2.24) is 0 Å². The first-order valence-electron chi connectivity index (χ1n) is 4.11. The first-order chi connectivity index (χ1) is 6.00. The van der Waals surface area contributed by atoms with E-state index in [1.165, 1.54) is 5.56 Å². The summed E-state index contributed by atoms with van der Waals surface area (Å²) in [5.41, 5.74) is 1.40. The molecule has 1 aromatic rings. The highest BCUT2D eigenvalue weighted by Gasteiger charge is 2.32. The molecule has 0 nitrogen and oxygen atoms in total. The van der Waals surface area contributed by atoms with Crippen LogP contribution in [0.2, 0.25) is 5.54 Å². The Labute approximate surface area is 93.9 Å². The lowest BCUT2D eigenvalue weighted by molar-refractivity contribution is 0.904. The van der Waals surface area contributed by atoms with Gasteiger partial charge in [0.05, 0.1) is 0 Å². The molecule has 1 rings (SSSR count). The van der Waals surface area contributed by atoms with Gasteiger partial charge in [-0.25, -0.2) is 0 Å². The molecule has 0 fully saturated rings. The molecule has 0 aliphatic carbocycles. The van der Waals surface area contributed by atoms with Gasteiger partial charge in [-0.3, -0.25) is 0 Å². The molecule has 0 aliphatic rings. The van der Waals surface area contributed by atoms with E-state index in [9.17, 15) is 0 Å². The van der Waals surface area contributed by atoms with Gasteiger partial charge in [-0.15, -0.1) is 33.2 Å². The normalized spacial score (nSPS) is 14.2. The summed E-state index contributed by atoms with van der Waals surface area (Å²) in [5, 5.41) is 0. The summed E-state index contributed by atoms with van der Waals surface area (Å²) in [5.74, 6) is 0. The first-order valence-corrected chi connectivity index (χ1v) is 9.22. The number of hydrogen-bond donors (Lipinski definition) is 0. The second-order valence-electron chi connectivity index (χ2n) is 3.13. The van der Waals surface area contributed by atoms with Gasteiger partial charge in [-0.05, 0) is 17.5 Å². The largest absolute Gasteiger partial charge is 0.344 e. The average molecular weight is 254 g/mol. The SMILES string of the molecule is CC(Cc1ccccc1)[Si](Cl)(Cl)Cl. The van der Waals surface area contributed by atoms with Crippen LogP contribution in [0.15, 0.2) is 30.3 Å². The van der Waals surface area contributed by atoms with Crippen LogP contribution in [0.4, 0.5) is 0 Å². The summed E-state index contributed by atoms with van der Waals surface area (Å²) < 4.78 is 0. The molecular weight excluding hydrogens is 243 g/mol. The maximum Gasteiger partial charge on any atom is 0.344 e. The summed E-state index contributed by atoms with van der Waals surface area (Å²) in [6.45, 7) is 1.99. The van der Waals surface area contributed by atoms with Crippen molar-refractivity contribution in [3.05, 3.63) is 35.9 Å². The molecule has 0 amide bonds. The third kappa shape index (κ3) is 3.90. The number of hydrogen-bond acceptors (Lipinski definition) is 0. The molecule has 0 saturated heterocycles. The van der Waals surface area contributed by atoms with Crippen molar-refractivity contribution in [2.24, 2.45) is 0 Å². The Bertz CT molecular complexity index is 255. The molecule has 4 heteroatoms. The molecule has 72 valence electrons. The van der Waals surface area contributed by atoms with Crippen molar-refractivity contribution < 1.29 is 0 Å². The van der Waals surface area contributed by atoms with E-state index in [2.05, 4.69) is 12.1 Å². The number of halogens is 3. The lowest BCUT2D eigenvalue weighted by Gasteiger charge is -2.16. The van der Waals surface area contributed by atoms with E-state index in [4.69, 9.17) is 33.2 Å². The van der Waals surface area contributed by atoms with Gasteiger partial charge in [0.2, 0.25) is 0 Å². The standard InChI is InChI=1S/C9H11Cl3Si/c1-8(13(10,11)12)7-9-5-3-2-4-6-9/h2-6,8H,7H2,1H3. The number of benzene rings is 1. The molecule has 13 heavy (non-hydrogen) atoms. The van der Waals surface area contributed by atoms with Crippen LogP contribution in [0, 0.1) is 0 Å². The van der Waals surface area contributed by atoms with Gasteiger partial charge in [0.25, 0.3) is 0 Å². The molecule has 0 saturated carbocycles. The van der Waals surface area contributed by atoms with Crippen molar-refractivity contribution in [2.75, 3.05) is 0 Å². The Morgan fingerprint density at radius 2 is 1.69 bits per heavy atom. The minimum absolute atomic E-state index is 0.167. The van der Waals surface area contributed by atoms with Crippen molar-refractivity contribution in [3.63, 3.8) is 0 Å². The van der Waals surface area contributed by atoms with Gasteiger partial charge in [0, 0.05) is 0 Å². The summed E-state index contributed by atoms with van der Waals surface area (Å²) in [6, 6.07) is 7.58. The first kappa shape index (κ1) is 11.4. The van der Waals surface area contributed by atoms with E-state index in [-0.39, 0.29) is 5.54 Å². The second-order valence-corrected chi connectivity index (χ2v) is 12.3. The third-order valence-corrected chi connectivity index (χ3v) is 6.62. The summed E-state index contributed by atoms with van der Waals surface area (Å²) in [7, 11) is 0. The summed E-state index contributed by atoms with van der Waals surface area (Å²) in [4.78, 5) is 0. The van der Waals surface area contributed by atoms with Crippen molar-refractivity contribution in [1.29, 1.82) is 0 Å². The molecule has 0 radical (unpaired) electrons. The Hall–Kier alpha value is 0.307. The zero-order valence-electron chi connectivity index (χ0n) is 7.31. The molecule has 0 bridgehead atoms. The molecule has 1 unspecified atom stereocenters. The van der Waals surface area contributed by atoms with E-state index >= 15 is 0 Å². The fourth-order valence-corrected chi connectivity index (χ4v) is 2.24. The molecule has 0 aliphatic heterocycles. The fraction of sp³-hybridized carbons (Fsp3) is 0.333. The summed E-state index contributed by atoms with van der Waals surface area (Å²) in [6.07, 6.45) is 0.851. The Balaban J connectivity index is 2.61. The third-order valence-electron chi connectivity index (χ3n) is 1.94. The molecule has 0 spiro atoms. The van der Waals surface area contributed by atoms with Gasteiger partial charge in [0.15, 0.2) is 0 Å². The molecule has 0 aromatic heterocycles. The van der Waals surface area contributed by atoms with Crippen LogP contribution in [-0.2, 0) is 6.42 Å². The Morgan fingerprint density at radius 1 is 1.15 bits per heavy atom. The minimum atomic E-state index is -2.53. The van der Waals surface area contributed by atoms with Crippen LogP contribution in [0.1, 0.15) is 12.5 Å². The van der Waals surface area contributed by atoms with E-state index in [0.29, 0.717) is 0 Å². The van der Waals surface area contributed by atoms with Crippen molar-refractivity contribution in [2.45, 2.75) is 18.9 Å². The molecule has 0 N–H and O–H groups in total. The maximum atomic E-state index is 5.90. The van der Waals surface area contributed by atoms with E-state index < -0.39 is 6.00 Å². The monoisotopic (exact) mass is 252 g/mol. The molecule has 1 atom stereocenters. The van der Waals surface area contributed by atoms with E-state index in [0.717, 1.165) is 6.42 Å². The quantitative estimate of drug-likeness (QED) is 0.557.